The van der Waals surface area contributed by atoms with Gasteiger partial charge in [-0.05, 0) is 55.3 Å². The van der Waals surface area contributed by atoms with Crippen LogP contribution >= 0.6 is 0 Å². The molecular formula is C22H29N3O2. The number of carbonyl (C=O) groups is 2. The number of amides is 2. The van der Waals surface area contributed by atoms with Gasteiger partial charge in [-0.1, -0.05) is 24.3 Å². The van der Waals surface area contributed by atoms with Gasteiger partial charge in [0.1, 0.15) is 0 Å². The number of hydrogen-bond donors (Lipinski definition) is 1. The first-order valence-corrected chi connectivity index (χ1v) is 10.2. The summed E-state index contributed by atoms with van der Waals surface area (Å²) in [6.45, 7) is 4.32. The SMILES string of the molecule is CC(=O)N1C=Cc2ccccc2C1CC(=O)N1CCC(NCC2CC2)CC1. The lowest BCUT2D eigenvalue weighted by molar-refractivity contribution is -0.135. The highest BCUT2D eigenvalue weighted by atomic mass is 16.2. The molecule has 3 aliphatic rings. The van der Waals surface area contributed by atoms with Gasteiger partial charge in [-0.2, -0.15) is 0 Å². The van der Waals surface area contributed by atoms with Gasteiger partial charge < -0.3 is 15.1 Å². The van der Waals surface area contributed by atoms with Crippen molar-refractivity contribution in [1.29, 1.82) is 0 Å². The van der Waals surface area contributed by atoms with Crippen LogP contribution in [-0.4, -0.2) is 47.3 Å². The fraction of sp³-hybridized carbons (Fsp3) is 0.545. The summed E-state index contributed by atoms with van der Waals surface area (Å²) in [5, 5.41) is 3.66. The number of piperidine rings is 1. The first-order chi connectivity index (χ1) is 13.1. The summed E-state index contributed by atoms with van der Waals surface area (Å²) in [5.41, 5.74) is 2.15. The molecule has 27 heavy (non-hydrogen) atoms. The maximum atomic E-state index is 13.0. The summed E-state index contributed by atoms with van der Waals surface area (Å²) in [7, 11) is 0. The summed E-state index contributed by atoms with van der Waals surface area (Å²) in [5.74, 6) is 1.01. The maximum absolute atomic E-state index is 13.0. The average Bonchev–Trinajstić information content (AvgIpc) is 3.51. The van der Waals surface area contributed by atoms with E-state index in [4.69, 9.17) is 0 Å². The quantitative estimate of drug-likeness (QED) is 0.871. The van der Waals surface area contributed by atoms with Crippen LogP contribution < -0.4 is 5.32 Å². The summed E-state index contributed by atoms with van der Waals surface area (Å²) in [6, 6.07) is 8.37. The molecule has 1 aromatic carbocycles. The van der Waals surface area contributed by atoms with Crippen molar-refractivity contribution in [3.8, 4) is 0 Å². The Labute approximate surface area is 161 Å². The molecule has 0 spiro atoms. The van der Waals surface area contributed by atoms with Gasteiger partial charge in [0.05, 0.1) is 12.5 Å². The van der Waals surface area contributed by atoms with Crippen molar-refractivity contribution < 1.29 is 9.59 Å². The van der Waals surface area contributed by atoms with Gasteiger partial charge in [0, 0.05) is 32.3 Å². The molecule has 1 N–H and O–H groups in total. The molecule has 1 unspecified atom stereocenters. The molecule has 5 nitrogen and oxygen atoms in total. The zero-order valence-corrected chi connectivity index (χ0v) is 16.1. The van der Waals surface area contributed by atoms with E-state index in [1.54, 1.807) is 11.8 Å². The molecule has 2 heterocycles. The molecule has 0 aromatic heterocycles. The lowest BCUT2D eigenvalue weighted by Crippen LogP contribution is -2.46. The number of rotatable bonds is 5. The molecule has 2 amide bonds. The Morgan fingerprint density at radius 3 is 2.56 bits per heavy atom. The van der Waals surface area contributed by atoms with Crippen molar-refractivity contribution >= 4 is 17.9 Å². The van der Waals surface area contributed by atoms with Gasteiger partial charge in [0.15, 0.2) is 0 Å². The molecule has 5 heteroatoms. The fourth-order valence-corrected chi connectivity index (χ4v) is 4.20. The summed E-state index contributed by atoms with van der Waals surface area (Å²) < 4.78 is 0. The van der Waals surface area contributed by atoms with Crippen molar-refractivity contribution in [1.82, 2.24) is 15.1 Å². The van der Waals surface area contributed by atoms with E-state index >= 15 is 0 Å². The predicted molar refractivity (Wildman–Crippen MR) is 106 cm³/mol. The Morgan fingerprint density at radius 1 is 1.11 bits per heavy atom. The Bertz CT molecular complexity index is 733. The number of benzene rings is 1. The van der Waals surface area contributed by atoms with Crippen molar-refractivity contribution in [3.63, 3.8) is 0 Å². The van der Waals surface area contributed by atoms with Crippen LogP contribution in [0.25, 0.3) is 6.08 Å². The van der Waals surface area contributed by atoms with E-state index in [-0.39, 0.29) is 17.9 Å². The molecule has 1 saturated heterocycles. The van der Waals surface area contributed by atoms with Crippen molar-refractivity contribution in [2.75, 3.05) is 19.6 Å². The van der Waals surface area contributed by atoms with Crippen LogP contribution in [0.5, 0.6) is 0 Å². The molecular weight excluding hydrogens is 338 g/mol. The van der Waals surface area contributed by atoms with Gasteiger partial charge in [0.25, 0.3) is 0 Å². The molecule has 1 atom stereocenters. The van der Waals surface area contributed by atoms with Gasteiger partial charge in [0.2, 0.25) is 11.8 Å². The first-order valence-electron chi connectivity index (χ1n) is 10.2. The second-order valence-electron chi connectivity index (χ2n) is 8.10. The van der Waals surface area contributed by atoms with E-state index in [1.165, 1.54) is 12.8 Å². The zero-order chi connectivity index (χ0) is 18.8. The maximum Gasteiger partial charge on any atom is 0.225 e. The average molecular weight is 367 g/mol. The van der Waals surface area contributed by atoms with E-state index in [2.05, 4.69) is 5.32 Å². The highest BCUT2D eigenvalue weighted by molar-refractivity contribution is 5.82. The standard InChI is InChI=1S/C22H29N3O2/c1-16(26)25-13-8-18-4-2-3-5-20(18)21(25)14-22(27)24-11-9-19(10-12-24)23-15-17-6-7-17/h2-5,8,13,17,19,21,23H,6-7,9-12,14-15H2,1H3. The van der Waals surface area contributed by atoms with Gasteiger partial charge in [-0.25, -0.2) is 0 Å². The first kappa shape index (κ1) is 18.2. The minimum absolute atomic E-state index is 0.0264. The molecule has 144 valence electrons. The highest BCUT2D eigenvalue weighted by Crippen LogP contribution is 2.33. The Balaban J connectivity index is 1.37. The summed E-state index contributed by atoms with van der Waals surface area (Å²) in [6.07, 6.45) is 8.90. The lowest BCUT2D eigenvalue weighted by atomic mass is 9.93. The summed E-state index contributed by atoms with van der Waals surface area (Å²) >= 11 is 0. The number of carbonyl (C=O) groups excluding carboxylic acids is 2. The van der Waals surface area contributed by atoms with Crippen molar-refractivity contribution in [3.05, 3.63) is 41.6 Å². The van der Waals surface area contributed by atoms with Crippen LogP contribution in [-0.2, 0) is 9.59 Å². The summed E-state index contributed by atoms with van der Waals surface area (Å²) in [4.78, 5) is 28.7. The Hall–Kier alpha value is -2.14. The number of hydrogen-bond acceptors (Lipinski definition) is 3. The van der Waals surface area contributed by atoms with Gasteiger partial charge >= 0.3 is 0 Å². The van der Waals surface area contributed by atoms with E-state index in [9.17, 15) is 9.59 Å². The molecule has 2 fully saturated rings. The van der Waals surface area contributed by atoms with E-state index in [0.717, 1.165) is 49.5 Å². The highest BCUT2D eigenvalue weighted by Gasteiger charge is 2.31. The fourth-order valence-electron chi connectivity index (χ4n) is 4.20. The van der Waals surface area contributed by atoms with Crippen LogP contribution in [0.15, 0.2) is 30.5 Å². The second-order valence-corrected chi connectivity index (χ2v) is 8.10. The van der Waals surface area contributed by atoms with Crippen molar-refractivity contribution in [2.45, 2.75) is 51.1 Å². The van der Waals surface area contributed by atoms with Crippen LogP contribution in [0.1, 0.15) is 56.2 Å². The lowest BCUT2D eigenvalue weighted by Gasteiger charge is -2.36. The normalized spacial score (nSPS) is 22.6. The topological polar surface area (TPSA) is 52.7 Å². The molecule has 0 bridgehead atoms. The Kier molecular flexibility index (Phi) is 5.30. The smallest absolute Gasteiger partial charge is 0.225 e. The number of likely N-dealkylation sites (tertiary alicyclic amines) is 1. The van der Waals surface area contributed by atoms with Crippen molar-refractivity contribution in [2.24, 2.45) is 5.92 Å². The molecule has 2 aliphatic heterocycles. The van der Waals surface area contributed by atoms with Crippen LogP contribution in [0, 0.1) is 5.92 Å². The number of nitrogens with one attached hydrogen (secondary N) is 1. The minimum atomic E-state index is -0.207. The largest absolute Gasteiger partial charge is 0.343 e. The molecule has 4 rings (SSSR count). The third-order valence-corrected chi connectivity index (χ3v) is 6.08. The molecule has 1 aromatic rings. The number of nitrogens with zero attached hydrogens (tertiary/aromatic N) is 2. The third-order valence-electron chi connectivity index (χ3n) is 6.08. The second kappa shape index (κ2) is 7.85. The van der Waals surface area contributed by atoms with Gasteiger partial charge in [-0.3, -0.25) is 9.59 Å². The molecule has 0 radical (unpaired) electrons. The Morgan fingerprint density at radius 2 is 1.85 bits per heavy atom. The predicted octanol–water partition coefficient (Wildman–Crippen LogP) is 2.94. The molecule has 1 aliphatic carbocycles. The van der Waals surface area contributed by atoms with E-state index in [0.29, 0.717) is 12.5 Å². The third kappa shape index (κ3) is 4.24. The van der Waals surface area contributed by atoms with Crippen LogP contribution in [0.4, 0.5) is 0 Å². The monoisotopic (exact) mass is 367 g/mol. The minimum Gasteiger partial charge on any atom is -0.343 e. The van der Waals surface area contributed by atoms with E-state index in [1.807, 2.05) is 41.4 Å². The molecule has 1 saturated carbocycles. The van der Waals surface area contributed by atoms with E-state index < -0.39 is 0 Å². The zero-order valence-electron chi connectivity index (χ0n) is 16.1. The number of fused-ring (bicyclic) bond motifs is 1. The van der Waals surface area contributed by atoms with Crippen LogP contribution in [0.2, 0.25) is 0 Å². The van der Waals surface area contributed by atoms with Gasteiger partial charge in [-0.15, -0.1) is 0 Å². The van der Waals surface area contributed by atoms with Crippen LogP contribution in [0.3, 0.4) is 0 Å².